The molecule has 1 aromatic rings. The van der Waals surface area contributed by atoms with Crippen LogP contribution in [0.3, 0.4) is 0 Å². The van der Waals surface area contributed by atoms with E-state index >= 15 is 0 Å². The molecule has 1 saturated carbocycles. The maximum absolute atomic E-state index is 13.4. The molecule has 1 aliphatic rings. The van der Waals surface area contributed by atoms with Crippen LogP contribution >= 0.6 is 0 Å². The van der Waals surface area contributed by atoms with Crippen LogP contribution in [0.2, 0.25) is 0 Å². The van der Waals surface area contributed by atoms with Crippen molar-refractivity contribution >= 4 is 0 Å². The summed E-state index contributed by atoms with van der Waals surface area (Å²) in [7, 11) is 1.56. The third kappa shape index (κ3) is 2.09. The van der Waals surface area contributed by atoms with Crippen LogP contribution in [0.4, 0.5) is 8.78 Å². The number of nitrogens with two attached hydrogens (primary N) is 1. The van der Waals surface area contributed by atoms with Gasteiger partial charge in [0.15, 0.2) is 0 Å². The predicted molar refractivity (Wildman–Crippen MR) is 67.1 cm³/mol. The van der Waals surface area contributed by atoms with Crippen LogP contribution in [0.15, 0.2) is 18.2 Å². The third-order valence-corrected chi connectivity index (χ3v) is 3.98. The summed E-state index contributed by atoms with van der Waals surface area (Å²) in [4.78, 5) is 0. The number of benzene rings is 1. The minimum Gasteiger partial charge on any atom is -0.496 e. The molecule has 0 heterocycles. The van der Waals surface area contributed by atoms with Crippen molar-refractivity contribution < 1.29 is 13.5 Å². The molecule has 18 heavy (non-hydrogen) atoms. The average molecular weight is 255 g/mol. The van der Waals surface area contributed by atoms with Crippen LogP contribution in [-0.2, 0) is 11.3 Å². The monoisotopic (exact) mass is 255 g/mol. The second-order valence-electron chi connectivity index (χ2n) is 5.14. The van der Waals surface area contributed by atoms with Crippen LogP contribution in [0.5, 0.6) is 5.75 Å². The molecule has 0 spiro atoms. The Hall–Kier alpha value is -1.16. The molecule has 100 valence electrons. The van der Waals surface area contributed by atoms with E-state index in [0.29, 0.717) is 12.3 Å². The second-order valence-corrected chi connectivity index (χ2v) is 5.14. The summed E-state index contributed by atoms with van der Waals surface area (Å²) in [5.74, 6) is -2.17. The zero-order chi connectivity index (χ0) is 13.4. The number of alkyl halides is 2. The molecule has 0 saturated heterocycles. The van der Waals surface area contributed by atoms with Gasteiger partial charge in [0.1, 0.15) is 5.75 Å². The van der Waals surface area contributed by atoms with Crippen LogP contribution < -0.4 is 10.5 Å². The van der Waals surface area contributed by atoms with Gasteiger partial charge in [0, 0.05) is 30.0 Å². The molecule has 0 aliphatic heterocycles. The number of halogens is 2. The minimum absolute atomic E-state index is 0.0259. The Kier molecular flexibility index (Phi) is 3.32. The number of rotatable bonds is 4. The topological polar surface area (TPSA) is 35.2 Å². The average Bonchev–Trinajstić information content (AvgIpc) is 2.27. The van der Waals surface area contributed by atoms with Crippen LogP contribution in [0, 0.1) is 0 Å². The van der Waals surface area contributed by atoms with Crippen LogP contribution in [0.25, 0.3) is 0 Å². The molecule has 0 atom stereocenters. The van der Waals surface area contributed by atoms with Crippen molar-refractivity contribution in [1.29, 1.82) is 0 Å². The lowest BCUT2D eigenvalue weighted by Crippen LogP contribution is -2.42. The van der Waals surface area contributed by atoms with Crippen molar-refractivity contribution in [2.24, 2.45) is 5.73 Å². The van der Waals surface area contributed by atoms with E-state index in [0.717, 1.165) is 31.7 Å². The molecule has 1 aromatic carbocycles. The number of hydrogen-bond acceptors (Lipinski definition) is 2. The van der Waals surface area contributed by atoms with Crippen molar-refractivity contribution in [2.75, 3.05) is 13.7 Å². The summed E-state index contributed by atoms with van der Waals surface area (Å²) in [5, 5.41) is 0. The highest BCUT2D eigenvalue weighted by molar-refractivity contribution is 5.45. The number of methoxy groups -OCH3 is 1. The first kappa shape index (κ1) is 13.3. The molecule has 2 rings (SSSR count). The van der Waals surface area contributed by atoms with Gasteiger partial charge in [-0.2, -0.15) is 0 Å². The van der Waals surface area contributed by atoms with E-state index in [1.165, 1.54) is 6.07 Å². The maximum atomic E-state index is 13.4. The Labute approximate surface area is 106 Å². The zero-order valence-corrected chi connectivity index (χ0v) is 10.8. The fraction of sp³-hybridized carbons (Fsp3) is 0.571. The summed E-state index contributed by atoms with van der Waals surface area (Å²) in [6.45, 7) is 1.39. The fourth-order valence-corrected chi connectivity index (χ4v) is 2.58. The molecule has 0 unspecified atom stereocenters. The van der Waals surface area contributed by atoms with Gasteiger partial charge >= 0.3 is 0 Å². The van der Waals surface area contributed by atoms with Gasteiger partial charge < -0.3 is 10.5 Å². The molecule has 2 nitrogen and oxygen atoms in total. The van der Waals surface area contributed by atoms with Crippen molar-refractivity contribution in [1.82, 2.24) is 0 Å². The number of hydrogen-bond donors (Lipinski definition) is 1. The quantitative estimate of drug-likeness (QED) is 0.896. The lowest BCUT2D eigenvalue weighted by molar-refractivity contribution is 0.0171. The molecule has 2 N–H and O–H groups in total. The summed E-state index contributed by atoms with van der Waals surface area (Å²) < 4.78 is 32.1. The van der Waals surface area contributed by atoms with Crippen molar-refractivity contribution in [2.45, 2.75) is 37.5 Å². The Morgan fingerprint density at radius 2 is 2.06 bits per heavy atom. The molecular formula is C14H19F2NO. The van der Waals surface area contributed by atoms with E-state index in [1.807, 2.05) is 0 Å². The fourth-order valence-electron chi connectivity index (χ4n) is 2.58. The normalized spacial score (nSPS) is 18.3. The van der Waals surface area contributed by atoms with Crippen LogP contribution in [-0.4, -0.2) is 13.7 Å². The van der Waals surface area contributed by atoms with Gasteiger partial charge in [-0.1, -0.05) is 6.42 Å². The van der Waals surface area contributed by atoms with Gasteiger partial charge in [-0.25, -0.2) is 8.78 Å². The molecule has 0 aromatic heterocycles. The third-order valence-electron chi connectivity index (χ3n) is 3.98. The van der Waals surface area contributed by atoms with E-state index in [1.54, 1.807) is 19.2 Å². The highest BCUT2D eigenvalue weighted by atomic mass is 19.3. The molecule has 0 radical (unpaired) electrons. The zero-order valence-electron chi connectivity index (χ0n) is 10.8. The first-order valence-electron chi connectivity index (χ1n) is 6.20. The first-order chi connectivity index (χ1) is 8.43. The Morgan fingerprint density at radius 3 is 2.44 bits per heavy atom. The number of ether oxygens (including phenoxy) is 1. The second kappa shape index (κ2) is 4.50. The largest absolute Gasteiger partial charge is 0.496 e. The SMILES string of the molecule is COc1ccc(C(C)(F)F)cc1C1(CN)CCC1. The lowest BCUT2D eigenvalue weighted by Gasteiger charge is -2.42. The molecule has 1 fully saturated rings. The van der Waals surface area contributed by atoms with E-state index in [9.17, 15) is 8.78 Å². The highest BCUT2D eigenvalue weighted by Crippen LogP contribution is 2.47. The van der Waals surface area contributed by atoms with Gasteiger partial charge in [-0.05, 0) is 31.0 Å². The summed E-state index contributed by atoms with van der Waals surface area (Å²) >= 11 is 0. The molecule has 4 heteroatoms. The lowest BCUT2D eigenvalue weighted by atomic mass is 9.64. The maximum Gasteiger partial charge on any atom is 0.270 e. The van der Waals surface area contributed by atoms with Gasteiger partial charge in [0.2, 0.25) is 0 Å². The Morgan fingerprint density at radius 1 is 1.39 bits per heavy atom. The van der Waals surface area contributed by atoms with E-state index in [-0.39, 0.29) is 11.0 Å². The van der Waals surface area contributed by atoms with E-state index in [2.05, 4.69) is 0 Å². The summed E-state index contributed by atoms with van der Waals surface area (Å²) in [5.41, 5.74) is 6.52. The van der Waals surface area contributed by atoms with Crippen molar-refractivity contribution in [3.05, 3.63) is 29.3 Å². The molecule has 1 aliphatic carbocycles. The van der Waals surface area contributed by atoms with E-state index < -0.39 is 5.92 Å². The van der Waals surface area contributed by atoms with Crippen LogP contribution in [0.1, 0.15) is 37.3 Å². The smallest absolute Gasteiger partial charge is 0.270 e. The van der Waals surface area contributed by atoms with Gasteiger partial charge in [-0.15, -0.1) is 0 Å². The highest BCUT2D eigenvalue weighted by Gasteiger charge is 2.40. The first-order valence-corrected chi connectivity index (χ1v) is 6.20. The Bertz CT molecular complexity index is 430. The standard InChI is InChI=1S/C14H19F2NO/c1-13(15,16)10-4-5-12(18-2)11(8-10)14(9-17)6-3-7-14/h4-5,8H,3,6-7,9,17H2,1-2H3. The summed E-state index contributed by atoms with van der Waals surface area (Å²) in [6.07, 6.45) is 2.98. The summed E-state index contributed by atoms with van der Waals surface area (Å²) in [6, 6.07) is 4.61. The van der Waals surface area contributed by atoms with Gasteiger partial charge in [-0.3, -0.25) is 0 Å². The minimum atomic E-state index is -2.83. The molecular weight excluding hydrogens is 236 g/mol. The van der Waals surface area contributed by atoms with Gasteiger partial charge in [0.05, 0.1) is 7.11 Å². The Balaban J connectivity index is 2.49. The predicted octanol–water partition coefficient (Wildman–Crippen LogP) is 3.19. The van der Waals surface area contributed by atoms with Crippen molar-refractivity contribution in [3.63, 3.8) is 0 Å². The van der Waals surface area contributed by atoms with Crippen molar-refractivity contribution in [3.8, 4) is 5.75 Å². The molecule has 0 amide bonds. The molecule has 0 bridgehead atoms. The van der Waals surface area contributed by atoms with Gasteiger partial charge in [0.25, 0.3) is 5.92 Å². The van der Waals surface area contributed by atoms with E-state index in [4.69, 9.17) is 10.5 Å².